The smallest absolute Gasteiger partial charge is 0.338 e. The molecule has 0 amide bonds. The van der Waals surface area contributed by atoms with Crippen LogP contribution in [0.5, 0.6) is 0 Å². The second-order valence-corrected chi connectivity index (χ2v) is 6.43. The molecule has 7 nitrogen and oxygen atoms in total. The van der Waals surface area contributed by atoms with Gasteiger partial charge in [0.25, 0.3) is 0 Å². The van der Waals surface area contributed by atoms with Gasteiger partial charge in [-0.05, 0) is 13.3 Å². The molecule has 24 heavy (non-hydrogen) atoms. The van der Waals surface area contributed by atoms with E-state index in [9.17, 15) is 4.79 Å². The SMILES string of the molecule is CCCCn1c(SCc2nc(-c3ccc(C)cc3)no2)n[nH]c1=O. The normalized spacial score (nSPS) is 11.1. The van der Waals surface area contributed by atoms with Gasteiger partial charge in [0.2, 0.25) is 11.7 Å². The fraction of sp³-hybridized carbons (Fsp3) is 0.375. The van der Waals surface area contributed by atoms with Crippen molar-refractivity contribution < 1.29 is 4.52 Å². The summed E-state index contributed by atoms with van der Waals surface area (Å²) < 4.78 is 6.94. The maximum absolute atomic E-state index is 11.8. The van der Waals surface area contributed by atoms with Crippen molar-refractivity contribution in [2.75, 3.05) is 0 Å². The zero-order valence-electron chi connectivity index (χ0n) is 13.7. The van der Waals surface area contributed by atoms with Crippen molar-refractivity contribution in [3.05, 3.63) is 46.2 Å². The second-order valence-electron chi connectivity index (χ2n) is 5.48. The third-order valence-corrected chi connectivity index (χ3v) is 4.52. The molecule has 0 saturated carbocycles. The van der Waals surface area contributed by atoms with E-state index in [0.717, 1.165) is 18.4 Å². The Morgan fingerprint density at radius 3 is 2.83 bits per heavy atom. The minimum atomic E-state index is -0.183. The van der Waals surface area contributed by atoms with Crippen molar-refractivity contribution in [3.63, 3.8) is 0 Å². The number of aryl methyl sites for hydroxylation is 1. The lowest BCUT2D eigenvalue weighted by molar-refractivity contribution is 0.391. The molecule has 8 heteroatoms. The van der Waals surface area contributed by atoms with Crippen LogP contribution in [-0.2, 0) is 12.3 Å². The highest BCUT2D eigenvalue weighted by atomic mass is 32.2. The molecule has 0 aliphatic heterocycles. The lowest BCUT2D eigenvalue weighted by Gasteiger charge is -2.02. The van der Waals surface area contributed by atoms with Gasteiger partial charge in [0, 0.05) is 12.1 Å². The fourth-order valence-corrected chi connectivity index (χ4v) is 3.00. The van der Waals surface area contributed by atoms with Crippen LogP contribution in [-0.4, -0.2) is 24.9 Å². The molecular weight excluding hydrogens is 326 g/mol. The highest BCUT2D eigenvalue weighted by Crippen LogP contribution is 2.22. The van der Waals surface area contributed by atoms with Gasteiger partial charge in [-0.3, -0.25) is 4.57 Å². The van der Waals surface area contributed by atoms with Gasteiger partial charge in [-0.2, -0.15) is 4.98 Å². The molecule has 0 radical (unpaired) electrons. The number of hydrogen-bond donors (Lipinski definition) is 1. The first kappa shape index (κ1) is 16.5. The first-order chi connectivity index (χ1) is 11.7. The highest BCUT2D eigenvalue weighted by Gasteiger charge is 2.13. The number of rotatable bonds is 7. The van der Waals surface area contributed by atoms with Crippen molar-refractivity contribution >= 4 is 11.8 Å². The highest BCUT2D eigenvalue weighted by molar-refractivity contribution is 7.98. The molecule has 3 aromatic rings. The molecule has 0 aliphatic rings. The molecule has 3 rings (SSSR count). The number of hydrogen-bond acceptors (Lipinski definition) is 6. The largest absolute Gasteiger partial charge is 0.343 e. The minimum absolute atomic E-state index is 0.183. The van der Waals surface area contributed by atoms with Crippen LogP contribution in [0, 0.1) is 6.92 Å². The molecule has 1 N–H and O–H groups in total. The maximum Gasteiger partial charge on any atom is 0.343 e. The van der Waals surface area contributed by atoms with E-state index in [-0.39, 0.29) is 5.69 Å². The van der Waals surface area contributed by atoms with Crippen LogP contribution in [0.15, 0.2) is 38.7 Å². The summed E-state index contributed by atoms with van der Waals surface area (Å²) >= 11 is 1.41. The Morgan fingerprint density at radius 2 is 2.08 bits per heavy atom. The Hall–Kier alpha value is -2.35. The van der Waals surface area contributed by atoms with E-state index in [4.69, 9.17) is 4.52 Å². The summed E-state index contributed by atoms with van der Waals surface area (Å²) in [6, 6.07) is 7.95. The van der Waals surface area contributed by atoms with E-state index in [0.29, 0.717) is 29.2 Å². The standard InChI is InChI=1S/C16H19N5O2S/c1-3-4-9-21-15(22)18-19-16(21)24-10-13-17-14(20-23-13)12-7-5-11(2)6-8-12/h5-8H,3-4,9-10H2,1-2H3,(H,18,22). The fourth-order valence-electron chi connectivity index (χ4n) is 2.19. The second kappa shape index (κ2) is 7.48. The van der Waals surface area contributed by atoms with Gasteiger partial charge in [0.15, 0.2) is 5.16 Å². The van der Waals surface area contributed by atoms with Crippen LogP contribution in [0.4, 0.5) is 0 Å². The number of unbranched alkanes of at least 4 members (excludes halogenated alkanes) is 1. The number of nitrogens with zero attached hydrogens (tertiary/aromatic N) is 4. The third-order valence-electron chi connectivity index (χ3n) is 3.56. The third kappa shape index (κ3) is 3.76. The Bertz CT molecular complexity index is 850. The van der Waals surface area contributed by atoms with Crippen molar-refractivity contribution in [3.8, 4) is 11.4 Å². The number of thioether (sulfide) groups is 1. The van der Waals surface area contributed by atoms with E-state index in [1.54, 1.807) is 4.57 Å². The molecule has 0 fully saturated rings. The van der Waals surface area contributed by atoms with E-state index < -0.39 is 0 Å². The number of aromatic nitrogens is 5. The topological polar surface area (TPSA) is 89.6 Å². The maximum atomic E-state index is 11.8. The van der Waals surface area contributed by atoms with Gasteiger partial charge < -0.3 is 4.52 Å². The summed E-state index contributed by atoms with van der Waals surface area (Å²) in [5.41, 5.74) is 1.92. The predicted octanol–water partition coefficient (Wildman–Crippen LogP) is 3.02. The van der Waals surface area contributed by atoms with Crippen LogP contribution in [0.1, 0.15) is 31.2 Å². The van der Waals surface area contributed by atoms with Gasteiger partial charge in [-0.1, -0.05) is 60.1 Å². The molecule has 1 aromatic carbocycles. The zero-order valence-corrected chi connectivity index (χ0v) is 14.5. The average Bonchev–Trinajstić information content (AvgIpc) is 3.19. The molecule has 0 aliphatic carbocycles. The number of aromatic amines is 1. The molecule has 0 saturated heterocycles. The summed E-state index contributed by atoms with van der Waals surface area (Å²) in [5, 5.41) is 11.2. The number of H-pyrrole nitrogens is 1. The summed E-state index contributed by atoms with van der Waals surface area (Å²) in [5.74, 6) is 1.54. The van der Waals surface area contributed by atoms with E-state index in [1.807, 2.05) is 31.2 Å². The lowest BCUT2D eigenvalue weighted by atomic mass is 10.1. The summed E-state index contributed by atoms with van der Waals surface area (Å²) in [4.78, 5) is 16.2. The monoisotopic (exact) mass is 345 g/mol. The van der Waals surface area contributed by atoms with Crippen molar-refractivity contribution in [1.82, 2.24) is 24.9 Å². The van der Waals surface area contributed by atoms with Crippen LogP contribution in [0.2, 0.25) is 0 Å². The molecule has 0 unspecified atom stereocenters. The summed E-state index contributed by atoms with van der Waals surface area (Å²) in [6.07, 6.45) is 1.95. The number of nitrogens with one attached hydrogen (secondary N) is 1. The molecule has 0 atom stereocenters. The van der Waals surface area contributed by atoms with Gasteiger partial charge in [-0.25, -0.2) is 9.89 Å². The Labute approximate surface area is 143 Å². The first-order valence-electron chi connectivity index (χ1n) is 7.85. The molecule has 126 valence electrons. The molecule has 2 heterocycles. The quantitative estimate of drug-likeness (QED) is 0.662. The van der Waals surface area contributed by atoms with E-state index in [2.05, 4.69) is 27.3 Å². The van der Waals surface area contributed by atoms with Crippen LogP contribution < -0.4 is 5.69 Å². The van der Waals surface area contributed by atoms with Gasteiger partial charge in [-0.15, -0.1) is 5.10 Å². The average molecular weight is 345 g/mol. The van der Waals surface area contributed by atoms with Gasteiger partial charge in [0.05, 0.1) is 5.75 Å². The van der Waals surface area contributed by atoms with Gasteiger partial charge >= 0.3 is 5.69 Å². The van der Waals surface area contributed by atoms with Crippen molar-refractivity contribution in [2.24, 2.45) is 0 Å². The summed E-state index contributed by atoms with van der Waals surface area (Å²) in [6.45, 7) is 4.78. The predicted molar refractivity (Wildman–Crippen MR) is 91.8 cm³/mol. The number of benzene rings is 1. The van der Waals surface area contributed by atoms with Crippen molar-refractivity contribution in [1.29, 1.82) is 0 Å². The minimum Gasteiger partial charge on any atom is -0.338 e. The Balaban J connectivity index is 1.68. The van der Waals surface area contributed by atoms with Gasteiger partial charge in [0.1, 0.15) is 0 Å². The molecular formula is C16H19N5O2S. The van der Waals surface area contributed by atoms with Crippen LogP contribution >= 0.6 is 11.8 Å². The van der Waals surface area contributed by atoms with Crippen LogP contribution in [0.3, 0.4) is 0 Å². The first-order valence-corrected chi connectivity index (χ1v) is 8.83. The van der Waals surface area contributed by atoms with E-state index in [1.165, 1.54) is 17.3 Å². The molecule has 0 spiro atoms. The van der Waals surface area contributed by atoms with Crippen molar-refractivity contribution in [2.45, 2.75) is 44.1 Å². The Kier molecular flexibility index (Phi) is 5.14. The van der Waals surface area contributed by atoms with Crippen LogP contribution in [0.25, 0.3) is 11.4 Å². The Morgan fingerprint density at radius 1 is 1.29 bits per heavy atom. The molecule has 0 bridgehead atoms. The van der Waals surface area contributed by atoms with E-state index >= 15 is 0 Å². The molecule has 2 aromatic heterocycles. The lowest BCUT2D eigenvalue weighted by Crippen LogP contribution is -2.17. The zero-order chi connectivity index (χ0) is 16.9. The summed E-state index contributed by atoms with van der Waals surface area (Å²) in [7, 11) is 0.